The first kappa shape index (κ1) is 12.3. The van der Waals surface area contributed by atoms with Crippen LogP contribution in [0.15, 0.2) is 36.4 Å². The maximum atomic E-state index is 9.39. The second-order valence-electron chi connectivity index (χ2n) is 1.71. The third-order valence-electron chi connectivity index (χ3n) is 0.806. The van der Waals surface area contributed by atoms with Gasteiger partial charge < -0.3 is 0 Å². The molecule has 0 aliphatic carbocycles. The van der Waals surface area contributed by atoms with E-state index in [1.807, 2.05) is 36.4 Å². The molecule has 7 heteroatoms. The van der Waals surface area contributed by atoms with E-state index in [1.165, 1.54) is 0 Å². The predicted molar refractivity (Wildman–Crippen MR) is 47.2 cm³/mol. The first-order valence-corrected chi connectivity index (χ1v) is 5.39. The van der Waals surface area contributed by atoms with Crippen LogP contribution in [0.4, 0.5) is 0 Å². The van der Waals surface area contributed by atoms with Crippen molar-refractivity contribution in [3.8, 4) is 0 Å². The van der Waals surface area contributed by atoms with Gasteiger partial charge in [0.25, 0.3) is 0 Å². The van der Waals surface area contributed by atoms with Crippen LogP contribution >= 0.6 is 16.5 Å². The first-order valence-electron chi connectivity index (χ1n) is 3.13. The molecule has 1 aromatic rings. The Balaban J connectivity index is 0.000000223. The molecule has 0 aliphatic rings. The zero-order valence-electron chi connectivity index (χ0n) is 6.48. The van der Waals surface area contributed by atoms with E-state index in [1.54, 1.807) is 0 Å². The van der Waals surface area contributed by atoms with Crippen molar-refractivity contribution < 1.29 is 23.2 Å². The molecule has 2 atom stereocenters. The summed E-state index contributed by atoms with van der Waals surface area (Å²) in [5.41, 5.74) is 0. The molecule has 0 bridgehead atoms. The van der Waals surface area contributed by atoms with Gasteiger partial charge in [0.15, 0.2) is 4.31 Å². The van der Waals surface area contributed by atoms with E-state index in [4.69, 9.17) is 9.79 Å². The van der Waals surface area contributed by atoms with Crippen LogP contribution in [-0.2, 0) is 13.4 Å². The molecule has 2 unspecified atom stereocenters. The van der Waals surface area contributed by atoms with E-state index in [0.29, 0.717) is 0 Å². The van der Waals surface area contributed by atoms with Crippen LogP contribution < -0.4 is 0 Å². The Morgan fingerprint density at radius 1 is 0.769 bits per heavy atom. The minimum absolute atomic E-state index is 2.00. The van der Waals surface area contributed by atoms with Crippen LogP contribution in [0.5, 0.6) is 0 Å². The van der Waals surface area contributed by atoms with E-state index < -0.39 is 16.5 Å². The quantitative estimate of drug-likeness (QED) is 0.747. The highest BCUT2D eigenvalue weighted by Crippen LogP contribution is 2.30. The lowest BCUT2D eigenvalue weighted by Crippen LogP contribution is -1.58. The van der Waals surface area contributed by atoms with Gasteiger partial charge in [-0.05, 0) is 0 Å². The van der Waals surface area contributed by atoms with Crippen molar-refractivity contribution in [2.24, 2.45) is 0 Å². The standard InChI is InChI=1S/C6H6.O5P2/c1-2-4-6-5-3-1;1-6(2)5-7(3)4/h1-6H;/p+2. The first-order chi connectivity index (χ1) is 6.13. The normalized spacial score (nSPS) is 10.9. The van der Waals surface area contributed by atoms with E-state index >= 15 is 0 Å². The highest BCUT2D eigenvalue weighted by atomic mass is 31.2. The van der Waals surface area contributed by atoms with Gasteiger partial charge in [-0.1, -0.05) is 36.4 Å². The molecule has 0 amide bonds. The van der Waals surface area contributed by atoms with Gasteiger partial charge in [-0.25, -0.2) is 0 Å². The van der Waals surface area contributed by atoms with Gasteiger partial charge in [-0.15, -0.1) is 9.79 Å². The number of hydrogen-bond acceptors (Lipinski definition) is 3. The van der Waals surface area contributed by atoms with Gasteiger partial charge in [0.2, 0.25) is 0 Å². The van der Waals surface area contributed by atoms with Gasteiger partial charge in [-0.2, -0.15) is 0 Å². The summed E-state index contributed by atoms with van der Waals surface area (Å²) >= 11 is 0. The summed E-state index contributed by atoms with van der Waals surface area (Å²) in [7, 11) is -5.85. The van der Waals surface area contributed by atoms with Gasteiger partial charge in [0.1, 0.15) is 0 Å². The lowest BCUT2D eigenvalue weighted by molar-refractivity contribution is 0.371. The average molecular weight is 222 g/mol. The Labute approximate surface area is 76.9 Å². The second-order valence-corrected chi connectivity index (χ2v) is 3.32. The summed E-state index contributed by atoms with van der Waals surface area (Å²) in [6.45, 7) is 0. The van der Waals surface area contributed by atoms with Crippen molar-refractivity contribution in [3.05, 3.63) is 36.4 Å². The minimum atomic E-state index is -2.92. The van der Waals surface area contributed by atoms with Gasteiger partial charge >= 0.3 is 16.5 Å². The fourth-order valence-corrected chi connectivity index (χ4v) is 0.923. The molecule has 0 aliphatic heterocycles. The number of rotatable bonds is 2. The summed E-state index contributed by atoms with van der Waals surface area (Å²) in [6, 6.07) is 12.0. The van der Waals surface area contributed by atoms with Crippen LogP contribution in [0, 0.1) is 0 Å². The van der Waals surface area contributed by atoms with Gasteiger partial charge in [0, 0.05) is 9.13 Å². The summed E-state index contributed by atoms with van der Waals surface area (Å²) in [4.78, 5) is 15.3. The predicted octanol–water partition coefficient (Wildman–Crippen LogP) is 1.99. The van der Waals surface area contributed by atoms with Crippen molar-refractivity contribution in [1.82, 2.24) is 0 Å². The Bertz CT molecular complexity index is 224. The smallest absolute Gasteiger partial charge is 0.131 e. The maximum Gasteiger partial charge on any atom is 0.745 e. The Hall–Kier alpha value is -0.700. The third kappa shape index (κ3) is 11.3. The van der Waals surface area contributed by atoms with Crippen molar-refractivity contribution in [2.45, 2.75) is 0 Å². The molecule has 0 aromatic heterocycles. The molecule has 1 aromatic carbocycles. The molecule has 2 N–H and O–H groups in total. The van der Waals surface area contributed by atoms with Crippen molar-refractivity contribution in [2.75, 3.05) is 0 Å². The topological polar surface area (TPSA) is 83.8 Å². The molecule has 0 heterocycles. The number of benzene rings is 1. The molecule has 0 saturated carbocycles. The molecular formula is C6H8O5P2+2. The van der Waals surface area contributed by atoms with Crippen molar-refractivity contribution in [3.63, 3.8) is 0 Å². The molecule has 13 heavy (non-hydrogen) atoms. The molecule has 5 nitrogen and oxygen atoms in total. The van der Waals surface area contributed by atoms with Crippen LogP contribution in [0.1, 0.15) is 0 Å². The fraction of sp³-hybridized carbons (Fsp3) is 0. The Kier molecular flexibility index (Phi) is 7.50. The molecule has 0 radical (unpaired) electrons. The zero-order valence-corrected chi connectivity index (χ0v) is 8.27. The number of hydrogen-bond donors (Lipinski definition) is 2. The van der Waals surface area contributed by atoms with E-state index in [-0.39, 0.29) is 0 Å². The largest absolute Gasteiger partial charge is 0.745 e. The van der Waals surface area contributed by atoms with Crippen molar-refractivity contribution in [1.29, 1.82) is 0 Å². The van der Waals surface area contributed by atoms with E-state index in [0.717, 1.165) is 0 Å². The van der Waals surface area contributed by atoms with Crippen LogP contribution in [-0.4, -0.2) is 9.79 Å². The van der Waals surface area contributed by atoms with Gasteiger partial charge in [-0.3, -0.25) is 0 Å². The minimum Gasteiger partial charge on any atom is -0.131 e. The SMILES string of the molecule is O=[P+](O)O[P+](=O)O.c1ccccc1. The van der Waals surface area contributed by atoms with E-state index in [9.17, 15) is 9.13 Å². The lowest BCUT2D eigenvalue weighted by Gasteiger charge is -1.69. The molecule has 70 valence electrons. The zero-order chi connectivity index (χ0) is 10.1. The monoisotopic (exact) mass is 222 g/mol. The third-order valence-corrected chi connectivity index (χ3v) is 1.92. The lowest BCUT2D eigenvalue weighted by atomic mass is 10.4. The second kappa shape index (κ2) is 7.92. The molecule has 0 spiro atoms. The van der Waals surface area contributed by atoms with Crippen LogP contribution in [0.2, 0.25) is 0 Å². The highest BCUT2D eigenvalue weighted by Gasteiger charge is 2.31. The highest BCUT2D eigenvalue weighted by molar-refractivity contribution is 7.46. The van der Waals surface area contributed by atoms with Crippen LogP contribution in [0.25, 0.3) is 0 Å². The molecule has 0 fully saturated rings. The maximum absolute atomic E-state index is 9.39. The Morgan fingerprint density at radius 2 is 1.00 bits per heavy atom. The van der Waals surface area contributed by atoms with Gasteiger partial charge in [0.05, 0.1) is 0 Å². The molecule has 1 rings (SSSR count). The van der Waals surface area contributed by atoms with Crippen molar-refractivity contribution >= 4 is 16.5 Å². The summed E-state index contributed by atoms with van der Waals surface area (Å²) in [5.74, 6) is 0. The summed E-state index contributed by atoms with van der Waals surface area (Å²) < 4.78 is 22.2. The Morgan fingerprint density at radius 3 is 1.08 bits per heavy atom. The molecule has 0 saturated heterocycles. The van der Waals surface area contributed by atoms with E-state index in [2.05, 4.69) is 4.31 Å². The average Bonchev–Trinajstić information content (AvgIpc) is 2.06. The van der Waals surface area contributed by atoms with Crippen LogP contribution in [0.3, 0.4) is 0 Å². The fourth-order valence-electron chi connectivity index (χ4n) is 0.445. The summed E-state index contributed by atoms with van der Waals surface area (Å²) in [6.07, 6.45) is 0. The molecular weight excluding hydrogens is 214 g/mol. The summed E-state index contributed by atoms with van der Waals surface area (Å²) in [5, 5.41) is 0.